The van der Waals surface area contributed by atoms with Crippen molar-refractivity contribution >= 4 is 6.08 Å². The SMILES string of the molecule is COc1cccc(CF)c1C1(N=C=O)CC1. The lowest BCUT2D eigenvalue weighted by Crippen LogP contribution is -2.08. The number of nitrogens with zero attached hydrogens (tertiary/aromatic N) is 1. The van der Waals surface area contributed by atoms with Gasteiger partial charge >= 0.3 is 0 Å². The zero-order chi connectivity index (χ0) is 11.6. The number of rotatable bonds is 4. The fourth-order valence-corrected chi connectivity index (χ4v) is 2.01. The Morgan fingerprint density at radius 3 is 2.81 bits per heavy atom. The fourth-order valence-electron chi connectivity index (χ4n) is 2.01. The summed E-state index contributed by atoms with van der Waals surface area (Å²) in [5.74, 6) is 0.589. The third-order valence-electron chi connectivity index (χ3n) is 2.93. The molecule has 1 aliphatic rings. The Balaban J connectivity index is 2.57. The summed E-state index contributed by atoms with van der Waals surface area (Å²) >= 11 is 0. The Hall–Kier alpha value is -1.67. The number of aliphatic imine (C=N–C) groups is 1. The van der Waals surface area contributed by atoms with E-state index in [1.165, 1.54) is 7.11 Å². The summed E-state index contributed by atoms with van der Waals surface area (Å²) in [6, 6.07) is 5.19. The lowest BCUT2D eigenvalue weighted by Gasteiger charge is -2.16. The number of alkyl halides is 1. The summed E-state index contributed by atoms with van der Waals surface area (Å²) in [6.07, 6.45) is 3.06. The maximum Gasteiger partial charge on any atom is 0.235 e. The molecule has 84 valence electrons. The summed E-state index contributed by atoms with van der Waals surface area (Å²) in [7, 11) is 1.53. The number of isocyanates is 1. The van der Waals surface area contributed by atoms with E-state index >= 15 is 0 Å². The zero-order valence-electron chi connectivity index (χ0n) is 9.00. The van der Waals surface area contributed by atoms with E-state index in [9.17, 15) is 9.18 Å². The van der Waals surface area contributed by atoms with Gasteiger partial charge in [-0.2, -0.15) is 4.99 Å². The summed E-state index contributed by atoms with van der Waals surface area (Å²) in [5.41, 5.74) is 0.648. The molecule has 0 heterocycles. The number of methoxy groups -OCH3 is 1. The summed E-state index contributed by atoms with van der Waals surface area (Å²) in [5, 5.41) is 0. The Bertz CT molecular complexity index is 426. The molecule has 16 heavy (non-hydrogen) atoms. The predicted octanol–water partition coefficient (Wildman–Crippen LogP) is 2.49. The van der Waals surface area contributed by atoms with Crippen LogP contribution in [-0.4, -0.2) is 13.2 Å². The second-order valence-electron chi connectivity index (χ2n) is 3.86. The van der Waals surface area contributed by atoms with Crippen molar-refractivity contribution in [2.75, 3.05) is 7.11 Å². The van der Waals surface area contributed by atoms with Crippen molar-refractivity contribution in [1.29, 1.82) is 0 Å². The molecule has 0 aromatic heterocycles. The Morgan fingerprint density at radius 2 is 2.31 bits per heavy atom. The zero-order valence-corrected chi connectivity index (χ0v) is 9.00. The molecule has 0 atom stereocenters. The number of benzene rings is 1. The first-order valence-corrected chi connectivity index (χ1v) is 5.09. The first kappa shape index (κ1) is 10.8. The van der Waals surface area contributed by atoms with Crippen molar-refractivity contribution < 1.29 is 13.9 Å². The molecule has 0 radical (unpaired) electrons. The standard InChI is InChI=1S/C12H12FNO2/c1-16-10-4-2-3-9(7-13)11(10)12(5-6-12)14-8-15/h2-4H,5-7H2,1H3. The molecule has 1 aromatic carbocycles. The molecule has 0 spiro atoms. The van der Waals surface area contributed by atoms with E-state index in [-0.39, 0.29) is 0 Å². The van der Waals surface area contributed by atoms with Gasteiger partial charge in [-0.1, -0.05) is 12.1 Å². The van der Waals surface area contributed by atoms with Crippen molar-refractivity contribution in [3.8, 4) is 5.75 Å². The molecule has 0 N–H and O–H groups in total. The second-order valence-corrected chi connectivity index (χ2v) is 3.86. The maximum atomic E-state index is 12.9. The molecule has 2 rings (SSSR count). The van der Waals surface area contributed by atoms with E-state index in [4.69, 9.17) is 4.74 Å². The van der Waals surface area contributed by atoms with E-state index in [2.05, 4.69) is 4.99 Å². The minimum absolute atomic E-state index is 0.538. The van der Waals surface area contributed by atoms with Gasteiger partial charge in [0.1, 0.15) is 18.0 Å². The van der Waals surface area contributed by atoms with E-state index in [0.29, 0.717) is 16.9 Å². The fraction of sp³-hybridized carbons (Fsp3) is 0.417. The van der Waals surface area contributed by atoms with Gasteiger partial charge in [-0.3, -0.25) is 0 Å². The van der Waals surface area contributed by atoms with Gasteiger partial charge in [0.2, 0.25) is 6.08 Å². The van der Waals surface area contributed by atoms with E-state index in [1.54, 1.807) is 24.3 Å². The topological polar surface area (TPSA) is 38.7 Å². The molecule has 0 aliphatic heterocycles. The van der Waals surface area contributed by atoms with Gasteiger partial charge in [0.05, 0.1) is 7.11 Å². The van der Waals surface area contributed by atoms with E-state index < -0.39 is 12.2 Å². The largest absolute Gasteiger partial charge is 0.496 e. The molecule has 3 nitrogen and oxygen atoms in total. The molecule has 0 saturated heterocycles. The number of ether oxygens (including phenoxy) is 1. The highest BCUT2D eigenvalue weighted by atomic mass is 19.1. The van der Waals surface area contributed by atoms with Crippen LogP contribution in [0.5, 0.6) is 5.75 Å². The average Bonchev–Trinajstić information content (AvgIpc) is 3.09. The monoisotopic (exact) mass is 221 g/mol. The smallest absolute Gasteiger partial charge is 0.235 e. The molecule has 1 saturated carbocycles. The summed E-state index contributed by atoms with van der Waals surface area (Å²) in [4.78, 5) is 14.2. The molecule has 4 heteroatoms. The van der Waals surface area contributed by atoms with Gasteiger partial charge in [0, 0.05) is 5.56 Å². The first-order chi connectivity index (χ1) is 7.77. The van der Waals surface area contributed by atoms with Crippen LogP contribution >= 0.6 is 0 Å². The quantitative estimate of drug-likeness (QED) is 0.578. The van der Waals surface area contributed by atoms with Gasteiger partial charge in [-0.05, 0) is 24.5 Å². The molecule has 0 unspecified atom stereocenters. The van der Waals surface area contributed by atoms with Crippen molar-refractivity contribution in [1.82, 2.24) is 0 Å². The summed E-state index contributed by atoms with van der Waals surface area (Å²) in [6.45, 7) is -0.581. The number of carbonyl (C=O) groups excluding carboxylic acids is 1. The van der Waals surface area contributed by atoms with Gasteiger partial charge in [0.15, 0.2) is 0 Å². The number of hydrogen-bond acceptors (Lipinski definition) is 3. The van der Waals surface area contributed by atoms with Crippen molar-refractivity contribution in [3.63, 3.8) is 0 Å². The first-order valence-electron chi connectivity index (χ1n) is 5.09. The molecule has 0 amide bonds. The van der Waals surface area contributed by atoms with Crippen LogP contribution in [0.15, 0.2) is 23.2 Å². The van der Waals surface area contributed by atoms with Crippen molar-refractivity contribution in [2.45, 2.75) is 25.1 Å². The Morgan fingerprint density at radius 1 is 1.56 bits per heavy atom. The van der Waals surface area contributed by atoms with Crippen LogP contribution in [0, 0.1) is 0 Å². The van der Waals surface area contributed by atoms with Gasteiger partial charge in [-0.25, -0.2) is 9.18 Å². The molecule has 1 aromatic rings. The average molecular weight is 221 g/mol. The van der Waals surface area contributed by atoms with E-state index in [1.807, 2.05) is 0 Å². The normalized spacial score (nSPS) is 16.4. The van der Waals surface area contributed by atoms with Gasteiger partial charge in [-0.15, -0.1) is 0 Å². The second kappa shape index (κ2) is 4.06. The lowest BCUT2D eigenvalue weighted by atomic mass is 9.98. The van der Waals surface area contributed by atoms with Crippen LogP contribution in [0.2, 0.25) is 0 Å². The van der Waals surface area contributed by atoms with Crippen molar-refractivity contribution in [2.24, 2.45) is 4.99 Å². The highest BCUT2D eigenvalue weighted by Gasteiger charge is 2.48. The van der Waals surface area contributed by atoms with Crippen LogP contribution < -0.4 is 4.74 Å². The molecule has 1 fully saturated rings. The Labute approximate surface area is 93.0 Å². The number of hydrogen-bond donors (Lipinski definition) is 0. The molecular weight excluding hydrogens is 209 g/mol. The van der Waals surface area contributed by atoms with Crippen LogP contribution in [0.3, 0.4) is 0 Å². The van der Waals surface area contributed by atoms with Crippen LogP contribution in [0.4, 0.5) is 4.39 Å². The van der Waals surface area contributed by atoms with Crippen LogP contribution in [-0.2, 0) is 17.0 Å². The Kier molecular flexibility index (Phi) is 2.75. The maximum absolute atomic E-state index is 12.9. The highest BCUT2D eigenvalue weighted by molar-refractivity contribution is 5.51. The van der Waals surface area contributed by atoms with Gasteiger partial charge in [0.25, 0.3) is 0 Å². The third-order valence-corrected chi connectivity index (χ3v) is 2.93. The highest BCUT2D eigenvalue weighted by Crippen LogP contribution is 2.53. The lowest BCUT2D eigenvalue weighted by molar-refractivity contribution is 0.399. The predicted molar refractivity (Wildman–Crippen MR) is 56.8 cm³/mol. The molecular formula is C12H12FNO2. The van der Waals surface area contributed by atoms with Crippen LogP contribution in [0.25, 0.3) is 0 Å². The molecule has 0 bridgehead atoms. The van der Waals surface area contributed by atoms with Gasteiger partial charge < -0.3 is 4.74 Å². The van der Waals surface area contributed by atoms with Crippen molar-refractivity contribution in [3.05, 3.63) is 29.3 Å². The minimum Gasteiger partial charge on any atom is -0.496 e. The minimum atomic E-state index is -0.588. The number of halogens is 1. The molecule has 1 aliphatic carbocycles. The summed E-state index contributed by atoms with van der Waals surface area (Å²) < 4.78 is 18.1. The van der Waals surface area contributed by atoms with Crippen LogP contribution in [0.1, 0.15) is 24.0 Å². The third kappa shape index (κ3) is 1.61. The van der Waals surface area contributed by atoms with E-state index in [0.717, 1.165) is 12.8 Å².